The van der Waals surface area contributed by atoms with Gasteiger partial charge < -0.3 is 15.1 Å². The second kappa shape index (κ2) is 4.63. The van der Waals surface area contributed by atoms with Crippen molar-refractivity contribution in [1.82, 2.24) is 15.1 Å². The fourth-order valence-electron chi connectivity index (χ4n) is 3.76. The maximum atomic E-state index is 3.75. The van der Waals surface area contributed by atoms with E-state index >= 15 is 0 Å². The quantitative estimate of drug-likeness (QED) is 0.762. The van der Waals surface area contributed by atoms with E-state index in [2.05, 4.69) is 22.0 Å². The second-order valence-electron chi connectivity index (χ2n) is 5.78. The third-order valence-electron chi connectivity index (χ3n) is 4.84. The third-order valence-corrected chi connectivity index (χ3v) is 4.84. The largest absolute Gasteiger partial charge is 0.311 e. The van der Waals surface area contributed by atoms with Gasteiger partial charge in [0.1, 0.15) is 0 Å². The monoisotopic (exact) mass is 223 g/mol. The average molecular weight is 223 g/mol. The first-order valence-corrected chi connectivity index (χ1v) is 7.06. The van der Waals surface area contributed by atoms with Gasteiger partial charge in [0.15, 0.2) is 0 Å². The third kappa shape index (κ3) is 2.13. The molecule has 0 aromatic heterocycles. The van der Waals surface area contributed by atoms with Crippen molar-refractivity contribution in [2.45, 2.75) is 38.3 Å². The Bertz CT molecular complexity index is 235. The first-order chi connectivity index (χ1) is 7.85. The van der Waals surface area contributed by atoms with Crippen LogP contribution < -0.4 is 5.32 Å². The molecule has 3 nitrogen and oxygen atoms in total. The summed E-state index contributed by atoms with van der Waals surface area (Å²) in [6, 6.07) is 1.72. The number of likely N-dealkylation sites (N-methyl/N-ethyl adjacent to an activating group) is 1. The predicted molar refractivity (Wildman–Crippen MR) is 66.6 cm³/mol. The molecule has 3 aliphatic rings. The van der Waals surface area contributed by atoms with Gasteiger partial charge in [-0.05, 0) is 31.7 Å². The van der Waals surface area contributed by atoms with Crippen molar-refractivity contribution < 1.29 is 0 Å². The van der Waals surface area contributed by atoms with Crippen LogP contribution in [0, 0.1) is 5.92 Å². The summed E-state index contributed by atoms with van der Waals surface area (Å²) < 4.78 is 0. The highest BCUT2D eigenvalue weighted by molar-refractivity contribution is 4.98. The number of nitrogens with one attached hydrogen (secondary N) is 1. The second-order valence-corrected chi connectivity index (χ2v) is 5.78. The molecule has 0 spiro atoms. The standard InChI is InChI=1S/C13H25N3/c1-2-15-5-7-16(8-6-15)10-11-9-12-3-4-13(11)14-12/h11-14H,2-10H2,1H3. The Hall–Kier alpha value is -0.120. The molecular formula is C13H25N3. The normalized spacial score (nSPS) is 40.7. The summed E-state index contributed by atoms with van der Waals surface area (Å²) in [7, 11) is 0. The van der Waals surface area contributed by atoms with Crippen molar-refractivity contribution in [3.05, 3.63) is 0 Å². The lowest BCUT2D eigenvalue weighted by Gasteiger charge is -2.36. The number of rotatable bonds is 3. The molecule has 0 radical (unpaired) electrons. The van der Waals surface area contributed by atoms with Crippen molar-refractivity contribution in [3.8, 4) is 0 Å². The van der Waals surface area contributed by atoms with E-state index in [0.29, 0.717) is 0 Å². The van der Waals surface area contributed by atoms with Crippen molar-refractivity contribution in [2.24, 2.45) is 5.92 Å². The van der Waals surface area contributed by atoms with Crippen LogP contribution in [0.3, 0.4) is 0 Å². The van der Waals surface area contributed by atoms with Crippen LogP contribution in [0.15, 0.2) is 0 Å². The molecule has 0 aromatic carbocycles. The summed E-state index contributed by atoms with van der Waals surface area (Å²) in [6.07, 6.45) is 4.31. The molecule has 3 unspecified atom stereocenters. The smallest absolute Gasteiger partial charge is 0.0111 e. The van der Waals surface area contributed by atoms with Crippen LogP contribution in [0.5, 0.6) is 0 Å². The lowest BCUT2D eigenvalue weighted by Crippen LogP contribution is -2.48. The van der Waals surface area contributed by atoms with Crippen molar-refractivity contribution in [2.75, 3.05) is 39.3 Å². The van der Waals surface area contributed by atoms with E-state index in [9.17, 15) is 0 Å². The molecule has 92 valence electrons. The molecule has 0 amide bonds. The first kappa shape index (κ1) is 11.0. The Morgan fingerprint density at radius 2 is 1.81 bits per heavy atom. The minimum Gasteiger partial charge on any atom is -0.311 e. The minimum absolute atomic E-state index is 0.856. The van der Waals surface area contributed by atoms with Crippen LogP contribution in [0.4, 0.5) is 0 Å². The fourth-order valence-corrected chi connectivity index (χ4v) is 3.76. The fraction of sp³-hybridized carbons (Fsp3) is 1.00. The van der Waals surface area contributed by atoms with Crippen LogP contribution in [0.1, 0.15) is 26.2 Å². The van der Waals surface area contributed by atoms with Crippen LogP contribution in [-0.2, 0) is 0 Å². The molecule has 3 aliphatic heterocycles. The highest BCUT2D eigenvalue weighted by Crippen LogP contribution is 2.33. The van der Waals surface area contributed by atoms with Crippen molar-refractivity contribution >= 4 is 0 Å². The molecule has 2 bridgehead atoms. The molecule has 1 N–H and O–H groups in total. The number of hydrogen-bond acceptors (Lipinski definition) is 3. The molecule has 3 heteroatoms. The van der Waals surface area contributed by atoms with E-state index in [1.807, 2.05) is 0 Å². The Morgan fingerprint density at radius 1 is 1.06 bits per heavy atom. The maximum absolute atomic E-state index is 3.75. The Labute approximate surface area is 99.2 Å². The molecule has 0 aromatic rings. The summed E-state index contributed by atoms with van der Waals surface area (Å²) >= 11 is 0. The predicted octanol–water partition coefficient (Wildman–Crippen LogP) is 0.764. The van der Waals surface area contributed by atoms with E-state index < -0.39 is 0 Å². The van der Waals surface area contributed by atoms with Gasteiger partial charge in [0.2, 0.25) is 0 Å². The molecule has 0 aliphatic carbocycles. The molecule has 3 fully saturated rings. The number of piperazine rings is 1. The van der Waals surface area contributed by atoms with Gasteiger partial charge in [-0.15, -0.1) is 0 Å². The van der Waals surface area contributed by atoms with E-state index in [1.54, 1.807) is 0 Å². The molecule has 0 saturated carbocycles. The highest BCUT2D eigenvalue weighted by Gasteiger charge is 2.39. The summed E-state index contributed by atoms with van der Waals surface area (Å²) in [4.78, 5) is 5.26. The molecule has 3 heterocycles. The Kier molecular flexibility index (Phi) is 3.18. The van der Waals surface area contributed by atoms with E-state index in [-0.39, 0.29) is 0 Å². The zero-order valence-electron chi connectivity index (χ0n) is 10.5. The number of hydrogen-bond donors (Lipinski definition) is 1. The van der Waals surface area contributed by atoms with E-state index in [1.165, 1.54) is 58.5 Å². The van der Waals surface area contributed by atoms with E-state index in [4.69, 9.17) is 0 Å². The summed E-state index contributed by atoms with van der Waals surface area (Å²) in [5, 5.41) is 3.75. The average Bonchev–Trinajstić information content (AvgIpc) is 2.92. The first-order valence-electron chi connectivity index (χ1n) is 7.06. The zero-order valence-corrected chi connectivity index (χ0v) is 10.5. The van der Waals surface area contributed by atoms with Gasteiger partial charge in [-0.1, -0.05) is 6.92 Å². The van der Waals surface area contributed by atoms with Crippen molar-refractivity contribution in [3.63, 3.8) is 0 Å². The molecule has 3 atom stereocenters. The van der Waals surface area contributed by atoms with E-state index in [0.717, 1.165) is 18.0 Å². The topological polar surface area (TPSA) is 18.5 Å². The summed E-state index contributed by atoms with van der Waals surface area (Å²) in [6.45, 7) is 10.0. The number of nitrogens with zero attached hydrogens (tertiary/aromatic N) is 2. The van der Waals surface area contributed by atoms with Gasteiger partial charge in [-0.3, -0.25) is 0 Å². The zero-order chi connectivity index (χ0) is 11.0. The van der Waals surface area contributed by atoms with Gasteiger partial charge in [-0.2, -0.15) is 0 Å². The van der Waals surface area contributed by atoms with Crippen LogP contribution in [0.25, 0.3) is 0 Å². The summed E-state index contributed by atoms with van der Waals surface area (Å²) in [5.41, 5.74) is 0. The molecular weight excluding hydrogens is 198 g/mol. The summed E-state index contributed by atoms with van der Waals surface area (Å²) in [5.74, 6) is 0.951. The highest BCUT2D eigenvalue weighted by atomic mass is 15.3. The van der Waals surface area contributed by atoms with Crippen LogP contribution in [-0.4, -0.2) is 61.2 Å². The van der Waals surface area contributed by atoms with Gasteiger partial charge in [0, 0.05) is 44.8 Å². The minimum atomic E-state index is 0.856. The van der Waals surface area contributed by atoms with Crippen LogP contribution >= 0.6 is 0 Å². The lowest BCUT2D eigenvalue weighted by molar-refractivity contribution is 0.116. The molecule has 16 heavy (non-hydrogen) atoms. The van der Waals surface area contributed by atoms with Gasteiger partial charge in [0.25, 0.3) is 0 Å². The lowest BCUT2D eigenvalue weighted by atomic mass is 9.88. The molecule has 3 rings (SSSR count). The van der Waals surface area contributed by atoms with Crippen LogP contribution in [0.2, 0.25) is 0 Å². The molecule has 3 saturated heterocycles. The van der Waals surface area contributed by atoms with Gasteiger partial charge in [-0.25, -0.2) is 0 Å². The van der Waals surface area contributed by atoms with Crippen molar-refractivity contribution in [1.29, 1.82) is 0 Å². The Morgan fingerprint density at radius 3 is 2.38 bits per heavy atom. The SMILES string of the molecule is CCN1CCN(CC2CC3CCC2N3)CC1. The van der Waals surface area contributed by atoms with Gasteiger partial charge in [0.05, 0.1) is 0 Å². The number of fused-ring (bicyclic) bond motifs is 2. The Balaban J connectivity index is 1.46. The van der Waals surface area contributed by atoms with Gasteiger partial charge >= 0.3 is 0 Å². The maximum Gasteiger partial charge on any atom is 0.0111 e.